The summed E-state index contributed by atoms with van der Waals surface area (Å²) in [5.74, 6) is -0.511. The summed E-state index contributed by atoms with van der Waals surface area (Å²) >= 11 is 0. The molecule has 0 aromatic rings. The van der Waals surface area contributed by atoms with Gasteiger partial charge in [0, 0.05) is 12.8 Å². The molecule has 2 N–H and O–H groups in total. The Kier molecular flexibility index (Phi) is 59.7. The number of carbonyl (C=O) groups excluding carboxylic acids is 2. The molecule has 0 spiro atoms. The monoisotopic (exact) mass is 1180 g/mol. The summed E-state index contributed by atoms with van der Waals surface area (Å²) in [5, 5.41) is 3.06. The number of allylic oxidation sites excluding steroid dienone is 15. The molecule has 0 aliphatic rings. The molecule has 0 fully saturated rings. The van der Waals surface area contributed by atoms with Gasteiger partial charge < -0.3 is 19.4 Å². The zero-order valence-electron chi connectivity index (χ0n) is 54.9. The molecular formula is C73H132N2O7P+. The Balaban J connectivity index is 5.04. The highest BCUT2D eigenvalue weighted by molar-refractivity contribution is 7.47. The minimum Gasteiger partial charge on any atom is -0.456 e. The normalized spacial score (nSPS) is 14.2. The first kappa shape index (κ1) is 79.9. The van der Waals surface area contributed by atoms with E-state index < -0.39 is 20.0 Å². The molecular weight excluding hydrogens is 1050 g/mol. The maximum atomic E-state index is 13.6. The van der Waals surface area contributed by atoms with Gasteiger partial charge >= 0.3 is 13.8 Å². The number of quaternary nitrogens is 1. The largest absolute Gasteiger partial charge is 0.472 e. The summed E-state index contributed by atoms with van der Waals surface area (Å²) in [6.07, 6.45) is 84.1. The highest BCUT2D eigenvalue weighted by Crippen LogP contribution is 2.43. The first-order valence-corrected chi connectivity index (χ1v) is 36.1. The lowest BCUT2D eigenvalue weighted by atomic mass is 10.0. The van der Waals surface area contributed by atoms with Crippen molar-refractivity contribution in [1.29, 1.82) is 0 Å². The van der Waals surface area contributed by atoms with Crippen LogP contribution in [-0.2, 0) is 27.9 Å². The third-order valence-corrected chi connectivity index (χ3v) is 16.0. The van der Waals surface area contributed by atoms with E-state index in [0.717, 1.165) is 96.3 Å². The summed E-state index contributed by atoms with van der Waals surface area (Å²) < 4.78 is 30.8. The number of rotatable bonds is 62. The number of unbranched alkanes of at least 4 members (excludes halogenated alkanes) is 32. The van der Waals surface area contributed by atoms with Crippen molar-refractivity contribution in [3.05, 3.63) is 97.2 Å². The molecule has 3 unspecified atom stereocenters. The lowest BCUT2D eigenvalue weighted by Gasteiger charge is -2.27. The number of amides is 1. The van der Waals surface area contributed by atoms with Crippen LogP contribution in [0.5, 0.6) is 0 Å². The zero-order valence-corrected chi connectivity index (χ0v) is 55.8. The molecule has 83 heavy (non-hydrogen) atoms. The molecule has 480 valence electrons. The van der Waals surface area contributed by atoms with E-state index in [9.17, 15) is 19.0 Å². The van der Waals surface area contributed by atoms with Crippen LogP contribution in [0.1, 0.15) is 303 Å². The molecule has 0 heterocycles. The van der Waals surface area contributed by atoms with Crippen LogP contribution in [0.25, 0.3) is 0 Å². The Morgan fingerprint density at radius 1 is 0.434 bits per heavy atom. The van der Waals surface area contributed by atoms with Gasteiger partial charge in [-0.1, -0.05) is 279 Å². The Bertz CT molecular complexity index is 1740. The molecule has 0 saturated carbocycles. The van der Waals surface area contributed by atoms with Crippen LogP contribution in [0.2, 0.25) is 0 Å². The van der Waals surface area contributed by atoms with Crippen LogP contribution < -0.4 is 5.32 Å². The van der Waals surface area contributed by atoms with Crippen LogP contribution in [0, 0.1) is 0 Å². The molecule has 0 saturated heterocycles. The lowest BCUT2D eigenvalue weighted by molar-refractivity contribution is -0.870. The quantitative estimate of drug-likeness (QED) is 0.0205. The maximum Gasteiger partial charge on any atom is 0.472 e. The molecule has 3 atom stereocenters. The van der Waals surface area contributed by atoms with Crippen LogP contribution in [0.3, 0.4) is 0 Å². The van der Waals surface area contributed by atoms with Crippen LogP contribution in [-0.4, -0.2) is 74.3 Å². The standard InChI is InChI=1S/C73H131N2O7P/c1-7-10-13-16-19-22-25-27-29-31-33-34-35-36-37-38-39-40-42-43-45-47-50-53-56-59-62-65-72(76)74-70(69-81-83(78,79)80-68-67-75(4,5)6)71(64-61-58-55-52-49-24-21-18-15-12-9-3)82-73(77)66-63-60-57-54-51-48-46-44-41-32-30-28-26-23-20-17-14-11-8-2/h10,13,19-20,22-23,27-30,33-34,36-37,61,64,70-71H,7-9,11-12,14-18,21,24-26,31-32,35,38-60,62-63,65-69H2,1-6H3,(H-,74,76,78,79)/p+1/b13-10-,22-19-,23-20-,29-27-,30-28-,34-33-,37-36-,64-61-. The van der Waals surface area contributed by atoms with Crippen LogP contribution >= 0.6 is 7.82 Å². The maximum absolute atomic E-state index is 13.6. The Morgan fingerprint density at radius 2 is 0.771 bits per heavy atom. The van der Waals surface area contributed by atoms with Crippen molar-refractivity contribution in [3.63, 3.8) is 0 Å². The first-order valence-electron chi connectivity index (χ1n) is 34.6. The summed E-state index contributed by atoms with van der Waals surface area (Å²) in [6, 6.07) is -0.857. The number of hydrogen-bond acceptors (Lipinski definition) is 6. The fraction of sp³-hybridized carbons (Fsp3) is 0.753. The van der Waals surface area contributed by atoms with Crippen molar-refractivity contribution in [2.24, 2.45) is 0 Å². The topological polar surface area (TPSA) is 111 Å². The van der Waals surface area contributed by atoms with Crippen molar-refractivity contribution in [2.45, 2.75) is 315 Å². The van der Waals surface area contributed by atoms with Crippen molar-refractivity contribution in [1.82, 2.24) is 5.32 Å². The van der Waals surface area contributed by atoms with E-state index in [4.69, 9.17) is 13.8 Å². The minimum absolute atomic E-state index is 0.0356. The second kappa shape index (κ2) is 62.0. The highest BCUT2D eigenvalue weighted by atomic mass is 31.2. The minimum atomic E-state index is -4.46. The van der Waals surface area contributed by atoms with Gasteiger partial charge in [0.25, 0.3) is 0 Å². The number of phosphoric acid groups is 1. The molecule has 0 aromatic carbocycles. The summed E-state index contributed by atoms with van der Waals surface area (Å²) in [6.45, 7) is 6.88. The number of carbonyl (C=O) groups is 2. The number of phosphoric ester groups is 1. The van der Waals surface area contributed by atoms with Crippen LogP contribution in [0.4, 0.5) is 0 Å². The highest BCUT2D eigenvalue weighted by Gasteiger charge is 2.30. The van der Waals surface area contributed by atoms with Gasteiger partial charge in [-0.05, 0) is 109 Å². The predicted molar refractivity (Wildman–Crippen MR) is 360 cm³/mol. The van der Waals surface area contributed by atoms with Gasteiger partial charge in [0.05, 0.1) is 33.8 Å². The van der Waals surface area contributed by atoms with Gasteiger partial charge in [-0.25, -0.2) is 4.57 Å². The van der Waals surface area contributed by atoms with Gasteiger partial charge in [-0.15, -0.1) is 0 Å². The number of nitrogens with one attached hydrogen (secondary N) is 1. The number of esters is 1. The molecule has 1 amide bonds. The van der Waals surface area contributed by atoms with Gasteiger partial charge in [-0.3, -0.25) is 18.6 Å². The van der Waals surface area contributed by atoms with Crippen molar-refractivity contribution >= 4 is 19.7 Å². The summed E-state index contributed by atoms with van der Waals surface area (Å²) in [4.78, 5) is 37.8. The van der Waals surface area contributed by atoms with Crippen molar-refractivity contribution in [3.8, 4) is 0 Å². The van der Waals surface area contributed by atoms with E-state index in [1.165, 1.54) is 173 Å². The van der Waals surface area contributed by atoms with Gasteiger partial charge in [0.2, 0.25) is 5.91 Å². The molecule has 9 nitrogen and oxygen atoms in total. The first-order chi connectivity index (χ1) is 40.4. The lowest BCUT2D eigenvalue weighted by Crippen LogP contribution is -2.47. The number of nitrogens with zero attached hydrogens (tertiary/aromatic N) is 1. The van der Waals surface area contributed by atoms with Gasteiger partial charge in [-0.2, -0.15) is 0 Å². The van der Waals surface area contributed by atoms with Crippen molar-refractivity contribution in [2.75, 3.05) is 40.9 Å². The van der Waals surface area contributed by atoms with E-state index in [1.54, 1.807) is 0 Å². The van der Waals surface area contributed by atoms with E-state index in [2.05, 4.69) is 111 Å². The van der Waals surface area contributed by atoms with E-state index >= 15 is 0 Å². The predicted octanol–water partition coefficient (Wildman–Crippen LogP) is 21.9. The third-order valence-electron chi connectivity index (χ3n) is 15.0. The fourth-order valence-electron chi connectivity index (χ4n) is 9.70. The average molecular weight is 1180 g/mol. The zero-order chi connectivity index (χ0) is 60.7. The number of likely N-dealkylation sites (N-methyl/N-ethyl adjacent to an activating group) is 1. The number of ether oxygens (including phenoxy) is 1. The molecule has 0 aliphatic heterocycles. The fourth-order valence-corrected chi connectivity index (χ4v) is 10.4. The summed E-state index contributed by atoms with van der Waals surface area (Å²) in [7, 11) is 1.49. The second-order valence-electron chi connectivity index (χ2n) is 24.3. The van der Waals surface area contributed by atoms with Gasteiger partial charge in [0.15, 0.2) is 0 Å². The van der Waals surface area contributed by atoms with E-state index in [1.807, 2.05) is 33.3 Å². The summed E-state index contributed by atoms with van der Waals surface area (Å²) in [5.41, 5.74) is 0. The molecule has 0 aromatic heterocycles. The molecule has 10 heteroatoms. The van der Waals surface area contributed by atoms with Gasteiger partial charge in [0.1, 0.15) is 19.3 Å². The average Bonchev–Trinajstić information content (AvgIpc) is 3.51. The van der Waals surface area contributed by atoms with E-state index in [0.29, 0.717) is 17.4 Å². The van der Waals surface area contributed by atoms with Crippen LogP contribution in [0.15, 0.2) is 97.2 Å². The second-order valence-corrected chi connectivity index (χ2v) is 25.8. The van der Waals surface area contributed by atoms with E-state index in [-0.39, 0.29) is 31.5 Å². The Hall–Kier alpha value is -3.07. The molecule has 0 radical (unpaired) electrons. The molecule has 0 aliphatic carbocycles. The Labute approximate surface area is 513 Å². The third kappa shape index (κ3) is 63.3. The SMILES string of the molecule is CC/C=C\C/C=C\C/C=C\C/C=C\C/C=C\CCCCCCCCCCCCCC(=O)NC(COP(=O)(O)OCC[N+](C)(C)C)C(/C=C\CCCCCCCCCCC)OC(=O)CCCCCCCCCCC/C=C\C/C=C\CCCCC. The Morgan fingerprint density at radius 3 is 1.18 bits per heavy atom. The smallest absolute Gasteiger partial charge is 0.456 e. The number of hydrogen-bond donors (Lipinski definition) is 2. The van der Waals surface area contributed by atoms with Crippen molar-refractivity contribution < 1.29 is 37.3 Å². The molecule has 0 bridgehead atoms. The molecule has 0 rings (SSSR count).